The Hall–Kier alpha value is -1.68. The molecular weight excluding hydrogens is 256 g/mol. The third kappa shape index (κ3) is 2.54. The van der Waals surface area contributed by atoms with Crippen molar-refractivity contribution in [2.45, 2.75) is 33.2 Å². The maximum absolute atomic E-state index is 12.2. The number of hydrogen-bond donors (Lipinski definition) is 0. The Morgan fingerprint density at radius 2 is 1.89 bits per heavy atom. The van der Waals surface area contributed by atoms with Crippen LogP contribution in [0.5, 0.6) is 0 Å². The molecule has 0 unspecified atom stereocenters. The van der Waals surface area contributed by atoms with E-state index in [0.717, 1.165) is 17.8 Å². The fourth-order valence-corrected chi connectivity index (χ4v) is 2.53. The van der Waals surface area contributed by atoms with Crippen LogP contribution in [-0.4, -0.2) is 9.13 Å². The van der Waals surface area contributed by atoms with Gasteiger partial charge in [0, 0.05) is 18.8 Å². The van der Waals surface area contributed by atoms with Crippen molar-refractivity contribution in [3.8, 4) is 5.69 Å². The highest BCUT2D eigenvalue weighted by molar-refractivity contribution is 7.71. The minimum atomic E-state index is -0.0807. The number of para-hydroxylation sites is 1. The van der Waals surface area contributed by atoms with Crippen LogP contribution in [0, 0.1) is 4.77 Å². The van der Waals surface area contributed by atoms with Crippen molar-refractivity contribution in [2.24, 2.45) is 0 Å². The summed E-state index contributed by atoms with van der Waals surface area (Å²) in [6.45, 7) is 7.00. The Bertz CT molecular complexity index is 698. The first-order valence-electron chi connectivity index (χ1n) is 6.48. The van der Waals surface area contributed by atoms with Crippen LogP contribution in [0.15, 0.2) is 41.3 Å². The fraction of sp³-hybridized carbons (Fsp3) is 0.333. The van der Waals surface area contributed by atoms with Crippen LogP contribution in [0.3, 0.4) is 0 Å². The molecule has 2 rings (SSSR count). The Kier molecular flexibility index (Phi) is 4.00. The molecular formula is C15H18N2OS. The van der Waals surface area contributed by atoms with Crippen molar-refractivity contribution in [1.82, 2.24) is 9.13 Å². The van der Waals surface area contributed by atoms with Gasteiger partial charge in [-0.3, -0.25) is 9.36 Å². The number of rotatable bonds is 3. The minimum Gasteiger partial charge on any atom is -0.325 e. The summed E-state index contributed by atoms with van der Waals surface area (Å²) in [7, 11) is 0. The van der Waals surface area contributed by atoms with Crippen molar-refractivity contribution in [3.63, 3.8) is 0 Å². The van der Waals surface area contributed by atoms with Gasteiger partial charge < -0.3 is 4.57 Å². The Labute approximate surface area is 118 Å². The van der Waals surface area contributed by atoms with Crippen LogP contribution in [0.25, 0.3) is 5.69 Å². The molecule has 0 aliphatic heterocycles. The topological polar surface area (TPSA) is 26.9 Å². The van der Waals surface area contributed by atoms with Crippen LogP contribution in [0.1, 0.15) is 32.3 Å². The normalized spacial score (nSPS) is 10.9. The van der Waals surface area contributed by atoms with Crippen LogP contribution in [0.2, 0.25) is 0 Å². The van der Waals surface area contributed by atoms with Crippen molar-refractivity contribution in [2.75, 3.05) is 0 Å². The number of aromatic nitrogens is 2. The number of aryl methyl sites for hydroxylation is 1. The fourth-order valence-electron chi connectivity index (χ4n) is 2.16. The first-order valence-corrected chi connectivity index (χ1v) is 6.89. The molecule has 0 radical (unpaired) electrons. The predicted molar refractivity (Wildman–Crippen MR) is 80.6 cm³/mol. The molecule has 2 aromatic rings. The van der Waals surface area contributed by atoms with Gasteiger partial charge in [-0.05, 0) is 36.7 Å². The molecule has 0 atom stereocenters. The van der Waals surface area contributed by atoms with Gasteiger partial charge in [-0.25, -0.2) is 0 Å². The van der Waals surface area contributed by atoms with E-state index in [4.69, 9.17) is 12.2 Å². The second kappa shape index (κ2) is 5.53. The summed E-state index contributed by atoms with van der Waals surface area (Å²) in [6.07, 6.45) is 1.75. The zero-order valence-electron chi connectivity index (χ0n) is 11.5. The smallest absolute Gasteiger partial charge is 0.258 e. The van der Waals surface area contributed by atoms with E-state index in [0.29, 0.717) is 10.7 Å². The lowest BCUT2D eigenvalue weighted by molar-refractivity contribution is 0.681. The molecule has 0 bridgehead atoms. The van der Waals surface area contributed by atoms with Crippen molar-refractivity contribution in [3.05, 3.63) is 57.2 Å². The first-order chi connectivity index (χ1) is 9.06. The summed E-state index contributed by atoms with van der Waals surface area (Å²) in [5, 5.41) is 0. The van der Waals surface area contributed by atoms with Gasteiger partial charge in [0.25, 0.3) is 5.56 Å². The van der Waals surface area contributed by atoms with Gasteiger partial charge in [0.05, 0.1) is 5.69 Å². The summed E-state index contributed by atoms with van der Waals surface area (Å²) in [5.41, 5.74) is 1.93. The maximum Gasteiger partial charge on any atom is 0.258 e. The molecule has 0 fully saturated rings. The molecule has 0 saturated carbocycles. The first kappa shape index (κ1) is 13.7. The van der Waals surface area contributed by atoms with E-state index in [2.05, 4.69) is 13.8 Å². The molecule has 0 aliphatic rings. The molecule has 0 spiro atoms. The predicted octanol–water partition coefficient (Wildman–Crippen LogP) is 3.51. The van der Waals surface area contributed by atoms with Gasteiger partial charge in [0.1, 0.15) is 0 Å². The highest BCUT2D eigenvalue weighted by atomic mass is 32.1. The lowest BCUT2D eigenvalue weighted by Crippen LogP contribution is -2.23. The molecule has 1 aromatic carbocycles. The molecule has 1 heterocycles. The van der Waals surface area contributed by atoms with E-state index in [1.807, 2.05) is 35.8 Å². The number of hydrogen-bond acceptors (Lipinski definition) is 2. The SMILES string of the molecule is CCn1ccc(=O)n(-c2ccccc2C(C)C)c1=S. The van der Waals surface area contributed by atoms with Crippen LogP contribution in [0.4, 0.5) is 0 Å². The molecule has 1 aromatic heterocycles. The van der Waals surface area contributed by atoms with Gasteiger partial charge in [-0.15, -0.1) is 0 Å². The highest BCUT2D eigenvalue weighted by Crippen LogP contribution is 2.21. The molecule has 100 valence electrons. The van der Waals surface area contributed by atoms with Gasteiger partial charge in [-0.1, -0.05) is 32.0 Å². The molecule has 0 saturated heterocycles. The van der Waals surface area contributed by atoms with E-state index >= 15 is 0 Å². The average Bonchev–Trinajstić information content (AvgIpc) is 2.39. The Balaban J connectivity index is 2.80. The van der Waals surface area contributed by atoms with E-state index in [9.17, 15) is 4.79 Å². The molecule has 0 N–H and O–H groups in total. The van der Waals surface area contributed by atoms with Gasteiger partial charge in [0.15, 0.2) is 4.77 Å². The lowest BCUT2D eigenvalue weighted by atomic mass is 10.0. The van der Waals surface area contributed by atoms with E-state index in [-0.39, 0.29) is 5.56 Å². The van der Waals surface area contributed by atoms with Crippen LogP contribution in [-0.2, 0) is 6.54 Å². The van der Waals surface area contributed by atoms with E-state index in [1.165, 1.54) is 0 Å². The Morgan fingerprint density at radius 3 is 2.53 bits per heavy atom. The quantitative estimate of drug-likeness (QED) is 0.801. The average molecular weight is 274 g/mol. The number of benzene rings is 1. The van der Waals surface area contributed by atoms with Crippen molar-refractivity contribution < 1.29 is 0 Å². The van der Waals surface area contributed by atoms with Gasteiger partial charge in [0.2, 0.25) is 0 Å². The molecule has 4 heteroatoms. The highest BCUT2D eigenvalue weighted by Gasteiger charge is 2.10. The van der Waals surface area contributed by atoms with Gasteiger partial charge in [-0.2, -0.15) is 0 Å². The second-order valence-corrected chi connectivity index (χ2v) is 5.14. The summed E-state index contributed by atoms with van der Waals surface area (Å²) >= 11 is 5.43. The molecule has 19 heavy (non-hydrogen) atoms. The Morgan fingerprint density at radius 1 is 1.21 bits per heavy atom. The molecule has 0 amide bonds. The zero-order chi connectivity index (χ0) is 14.0. The monoisotopic (exact) mass is 274 g/mol. The van der Waals surface area contributed by atoms with E-state index in [1.54, 1.807) is 16.8 Å². The second-order valence-electron chi connectivity index (χ2n) is 4.77. The van der Waals surface area contributed by atoms with Gasteiger partial charge >= 0.3 is 0 Å². The zero-order valence-corrected chi connectivity index (χ0v) is 12.3. The van der Waals surface area contributed by atoms with Crippen LogP contribution < -0.4 is 5.56 Å². The summed E-state index contributed by atoms with van der Waals surface area (Å²) in [4.78, 5) is 12.2. The summed E-state index contributed by atoms with van der Waals surface area (Å²) in [5.74, 6) is 0.341. The van der Waals surface area contributed by atoms with Crippen LogP contribution >= 0.6 is 12.2 Å². The standard InChI is InChI=1S/C15H18N2OS/c1-4-16-10-9-14(18)17(15(16)19)13-8-6-5-7-12(13)11(2)3/h5-11H,4H2,1-3H3. The molecule has 0 aliphatic carbocycles. The summed E-state index contributed by atoms with van der Waals surface area (Å²) < 4.78 is 4.06. The third-order valence-corrected chi connectivity index (χ3v) is 3.61. The summed E-state index contributed by atoms with van der Waals surface area (Å²) in [6, 6.07) is 9.49. The minimum absolute atomic E-state index is 0.0807. The maximum atomic E-state index is 12.2. The number of nitrogens with zero attached hydrogens (tertiary/aromatic N) is 2. The lowest BCUT2D eigenvalue weighted by Gasteiger charge is -2.16. The largest absolute Gasteiger partial charge is 0.325 e. The molecule has 3 nitrogen and oxygen atoms in total. The third-order valence-electron chi connectivity index (χ3n) is 3.19. The van der Waals surface area contributed by atoms with E-state index < -0.39 is 0 Å². The van der Waals surface area contributed by atoms with Crippen molar-refractivity contribution in [1.29, 1.82) is 0 Å². The van der Waals surface area contributed by atoms with Crippen molar-refractivity contribution >= 4 is 12.2 Å².